The van der Waals surface area contributed by atoms with Crippen LogP contribution in [0.25, 0.3) is 0 Å². The molecular weight excluding hydrogens is 350 g/mol. The van der Waals surface area contributed by atoms with Crippen LogP contribution >= 0.6 is 23.8 Å². The van der Waals surface area contributed by atoms with Crippen LogP contribution in [-0.2, 0) is 13.0 Å². The smallest absolute Gasteiger partial charge is 0.169 e. The first-order chi connectivity index (χ1) is 12.2. The van der Waals surface area contributed by atoms with E-state index in [0.29, 0.717) is 0 Å². The molecule has 1 N–H and O–H groups in total. The second-order valence-corrected chi connectivity index (χ2v) is 7.18. The first kappa shape index (κ1) is 18.2. The van der Waals surface area contributed by atoms with Crippen LogP contribution in [0.5, 0.6) is 0 Å². The molecule has 0 aromatic heterocycles. The van der Waals surface area contributed by atoms with E-state index in [-0.39, 0.29) is 0 Å². The minimum Gasteiger partial charge on any atom is -0.362 e. The molecule has 0 amide bonds. The minimum atomic E-state index is 0.805. The zero-order valence-electron chi connectivity index (χ0n) is 14.3. The lowest BCUT2D eigenvalue weighted by molar-refractivity contribution is 0.174. The van der Waals surface area contributed by atoms with E-state index in [0.717, 1.165) is 55.8 Å². The molecule has 25 heavy (non-hydrogen) atoms. The normalized spacial score (nSPS) is 15.2. The number of thiocarbonyl (C=S) groups is 1. The number of rotatable bonds is 5. The van der Waals surface area contributed by atoms with E-state index in [1.54, 1.807) is 0 Å². The summed E-state index contributed by atoms with van der Waals surface area (Å²) in [5.74, 6) is 0. The van der Waals surface area contributed by atoms with Crippen LogP contribution in [0.15, 0.2) is 54.6 Å². The second-order valence-electron chi connectivity index (χ2n) is 6.36. The molecule has 2 aromatic carbocycles. The SMILES string of the molecule is S=C(NCCc1ccccc1)N1CCN(Cc2cccc(Cl)c2)CC1. The van der Waals surface area contributed by atoms with Crippen LogP contribution < -0.4 is 5.32 Å². The zero-order valence-corrected chi connectivity index (χ0v) is 15.9. The maximum Gasteiger partial charge on any atom is 0.169 e. The van der Waals surface area contributed by atoms with Gasteiger partial charge in [-0.3, -0.25) is 4.90 Å². The van der Waals surface area contributed by atoms with Crippen molar-refractivity contribution in [3.8, 4) is 0 Å². The average molecular weight is 374 g/mol. The number of piperazine rings is 1. The minimum absolute atomic E-state index is 0.805. The van der Waals surface area contributed by atoms with Crippen molar-refractivity contribution in [3.63, 3.8) is 0 Å². The van der Waals surface area contributed by atoms with E-state index >= 15 is 0 Å². The summed E-state index contributed by atoms with van der Waals surface area (Å²) in [6.45, 7) is 5.81. The van der Waals surface area contributed by atoms with Crippen molar-refractivity contribution >= 4 is 28.9 Å². The lowest BCUT2D eigenvalue weighted by atomic mass is 10.1. The van der Waals surface area contributed by atoms with Crippen molar-refractivity contribution in [3.05, 3.63) is 70.7 Å². The highest BCUT2D eigenvalue weighted by atomic mass is 35.5. The Morgan fingerprint density at radius 1 is 0.960 bits per heavy atom. The fourth-order valence-corrected chi connectivity index (χ4v) is 3.57. The summed E-state index contributed by atoms with van der Waals surface area (Å²) in [6, 6.07) is 18.6. The van der Waals surface area contributed by atoms with E-state index in [1.165, 1.54) is 11.1 Å². The number of hydrogen-bond donors (Lipinski definition) is 1. The summed E-state index contributed by atoms with van der Waals surface area (Å²) in [5, 5.41) is 5.07. The Morgan fingerprint density at radius 2 is 1.68 bits per heavy atom. The molecule has 0 saturated carbocycles. The van der Waals surface area contributed by atoms with Crippen molar-refractivity contribution in [2.45, 2.75) is 13.0 Å². The molecule has 0 aliphatic carbocycles. The Kier molecular flexibility index (Phi) is 6.68. The van der Waals surface area contributed by atoms with E-state index in [2.05, 4.69) is 45.4 Å². The van der Waals surface area contributed by atoms with Crippen molar-refractivity contribution in [2.24, 2.45) is 0 Å². The van der Waals surface area contributed by atoms with Crippen LogP contribution in [0.4, 0.5) is 0 Å². The Morgan fingerprint density at radius 3 is 2.40 bits per heavy atom. The highest BCUT2D eigenvalue weighted by Crippen LogP contribution is 2.14. The van der Waals surface area contributed by atoms with Crippen molar-refractivity contribution in [2.75, 3.05) is 32.7 Å². The molecule has 0 bridgehead atoms. The number of nitrogens with one attached hydrogen (secondary N) is 1. The number of nitrogens with zero attached hydrogens (tertiary/aromatic N) is 2. The summed E-state index contributed by atoms with van der Waals surface area (Å²) in [7, 11) is 0. The summed E-state index contributed by atoms with van der Waals surface area (Å²) >= 11 is 11.6. The van der Waals surface area contributed by atoms with E-state index in [1.807, 2.05) is 24.3 Å². The molecule has 5 heteroatoms. The molecule has 0 atom stereocenters. The van der Waals surface area contributed by atoms with Crippen LogP contribution in [0.2, 0.25) is 5.02 Å². The van der Waals surface area contributed by atoms with Crippen LogP contribution in [-0.4, -0.2) is 47.6 Å². The van der Waals surface area contributed by atoms with Gasteiger partial charge in [0, 0.05) is 44.3 Å². The van der Waals surface area contributed by atoms with Gasteiger partial charge in [-0.05, 0) is 41.9 Å². The molecule has 3 rings (SSSR count). The fraction of sp³-hybridized carbons (Fsp3) is 0.350. The molecule has 1 aliphatic rings. The van der Waals surface area contributed by atoms with Gasteiger partial charge < -0.3 is 10.2 Å². The molecule has 2 aromatic rings. The molecule has 3 nitrogen and oxygen atoms in total. The van der Waals surface area contributed by atoms with Gasteiger partial charge >= 0.3 is 0 Å². The summed E-state index contributed by atoms with van der Waals surface area (Å²) in [4.78, 5) is 4.73. The van der Waals surface area contributed by atoms with Gasteiger partial charge in [0.25, 0.3) is 0 Å². The van der Waals surface area contributed by atoms with Gasteiger partial charge in [0.2, 0.25) is 0 Å². The van der Waals surface area contributed by atoms with Crippen LogP contribution in [0.3, 0.4) is 0 Å². The van der Waals surface area contributed by atoms with Gasteiger partial charge in [0.05, 0.1) is 0 Å². The standard InChI is InChI=1S/C20H24ClN3S/c21-19-8-4-7-18(15-19)16-23-11-13-24(14-12-23)20(25)22-10-9-17-5-2-1-3-6-17/h1-8,15H,9-14,16H2,(H,22,25). The molecule has 1 saturated heterocycles. The lowest BCUT2D eigenvalue weighted by Crippen LogP contribution is -2.51. The van der Waals surface area contributed by atoms with Gasteiger partial charge in [0.1, 0.15) is 0 Å². The summed E-state index contributed by atoms with van der Waals surface area (Å²) < 4.78 is 0. The van der Waals surface area contributed by atoms with Gasteiger partial charge in [0.15, 0.2) is 5.11 Å². The van der Waals surface area contributed by atoms with Gasteiger partial charge in [-0.2, -0.15) is 0 Å². The molecular formula is C20H24ClN3S. The summed E-state index contributed by atoms with van der Waals surface area (Å²) in [6.07, 6.45) is 0.996. The molecule has 1 aliphatic heterocycles. The third-order valence-corrected chi connectivity index (χ3v) is 5.13. The summed E-state index contributed by atoms with van der Waals surface area (Å²) in [5.41, 5.74) is 2.61. The Balaban J connectivity index is 1.38. The highest BCUT2D eigenvalue weighted by Gasteiger charge is 2.18. The van der Waals surface area contributed by atoms with Gasteiger partial charge in [-0.15, -0.1) is 0 Å². The molecule has 1 heterocycles. The Bertz CT molecular complexity index is 684. The zero-order chi connectivity index (χ0) is 17.5. The highest BCUT2D eigenvalue weighted by molar-refractivity contribution is 7.80. The van der Waals surface area contributed by atoms with E-state index in [9.17, 15) is 0 Å². The predicted molar refractivity (Wildman–Crippen MR) is 109 cm³/mol. The monoisotopic (exact) mass is 373 g/mol. The number of hydrogen-bond acceptors (Lipinski definition) is 2. The van der Waals surface area contributed by atoms with Crippen molar-refractivity contribution < 1.29 is 0 Å². The van der Waals surface area contributed by atoms with Crippen molar-refractivity contribution in [1.29, 1.82) is 0 Å². The Labute approximate surface area is 160 Å². The van der Waals surface area contributed by atoms with Gasteiger partial charge in [-0.1, -0.05) is 54.1 Å². The third kappa shape index (κ3) is 5.70. The van der Waals surface area contributed by atoms with Crippen LogP contribution in [0.1, 0.15) is 11.1 Å². The lowest BCUT2D eigenvalue weighted by Gasteiger charge is -2.36. The quantitative estimate of drug-likeness (QED) is 0.807. The topological polar surface area (TPSA) is 18.5 Å². The Hall–Kier alpha value is -1.62. The molecule has 0 spiro atoms. The van der Waals surface area contributed by atoms with E-state index < -0.39 is 0 Å². The van der Waals surface area contributed by atoms with E-state index in [4.69, 9.17) is 23.8 Å². The number of benzene rings is 2. The maximum atomic E-state index is 6.07. The van der Waals surface area contributed by atoms with Crippen LogP contribution in [0, 0.1) is 0 Å². The predicted octanol–water partition coefficient (Wildman–Crippen LogP) is 3.57. The fourth-order valence-electron chi connectivity index (χ4n) is 3.07. The molecule has 132 valence electrons. The van der Waals surface area contributed by atoms with Gasteiger partial charge in [-0.25, -0.2) is 0 Å². The molecule has 0 radical (unpaired) electrons. The van der Waals surface area contributed by atoms with Crippen molar-refractivity contribution in [1.82, 2.24) is 15.1 Å². The molecule has 0 unspecified atom stereocenters. The molecule has 1 fully saturated rings. The maximum absolute atomic E-state index is 6.07. The average Bonchev–Trinajstić information content (AvgIpc) is 2.63. The first-order valence-corrected chi connectivity index (χ1v) is 9.53. The largest absolute Gasteiger partial charge is 0.362 e. The third-order valence-electron chi connectivity index (χ3n) is 4.49. The first-order valence-electron chi connectivity index (χ1n) is 8.74. The number of halogens is 1. The second kappa shape index (κ2) is 9.18.